The van der Waals surface area contributed by atoms with Crippen molar-refractivity contribution < 1.29 is 24.0 Å². The summed E-state index contributed by atoms with van der Waals surface area (Å²) >= 11 is 0. The first-order chi connectivity index (χ1) is 11.0. The van der Waals surface area contributed by atoms with E-state index in [9.17, 15) is 14.4 Å². The first-order valence-electron chi connectivity index (χ1n) is 7.73. The topological polar surface area (TPSA) is 90.7 Å². The number of ether oxygens (including phenoxy) is 1. The van der Waals surface area contributed by atoms with E-state index >= 15 is 0 Å². The molecule has 2 atom stereocenters. The van der Waals surface area contributed by atoms with Crippen molar-refractivity contribution >= 4 is 18.0 Å². The quantitative estimate of drug-likeness (QED) is 0.623. The minimum Gasteiger partial charge on any atom is -0.427 e. The third-order valence-corrected chi connectivity index (χ3v) is 4.20. The molecule has 2 fully saturated rings. The molecule has 0 spiro atoms. The SMILES string of the molecule is Cc1cc(C)n([C@@H]2CCC[C@H]2OC(=O)ON2C(=O)CCC2=O)n1. The summed E-state index contributed by atoms with van der Waals surface area (Å²) in [5, 5.41) is 4.94. The Bertz CT molecular complexity index is 638. The molecule has 1 aromatic rings. The lowest BCUT2D eigenvalue weighted by Gasteiger charge is -2.22. The van der Waals surface area contributed by atoms with Crippen molar-refractivity contribution in [2.75, 3.05) is 0 Å². The number of nitrogens with zero attached hydrogens (tertiary/aromatic N) is 3. The van der Waals surface area contributed by atoms with E-state index in [2.05, 4.69) is 5.10 Å². The molecule has 0 aromatic carbocycles. The second-order valence-electron chi connectivity index (χ2n) is 5.95. The van der Waals surface area contributed by atoms with Gasteiger partial charge in [0.15, 0.2) is 0 Å². The van der Waals surface area contributed by atoms with Gasteiger partial charge in [-0.3, -0.25) is 19.1 Å². The van der Waals surface area contributed by atoms with Crippen molar-refractivity contribution in [3.05, 3.63) is 17.5 Å². The van der Waals surface area contributed by atoms with Crippen molar-refractivity contribution in [3.8, 4) is 0 Å². The van der Waals surface area contributed by atoms with Gasteiger partial charge in [-0.1, -0.05) is 5.06 Å². The van der Waals surface area contributed by atoms with Crippen molar-refractivity contribution in [1.29, 1.82) is 0 Å². The van der Waals surface area contributed by atoms with E-state index in [4.69, 9.17) is 9.57 Å². The normalized spacial score (nSPS) is 24.3. The van der Waals surface area contributed by atoms with E-state index in [-0.39, 0.29) is 25.0 Å². The smallest absolute Gasteiger partial charge is 0.427 e. The summed E-state index contributed by atoms with van der Waals surface area (Å²) in [5.41, 5.74) is 1.91. The van der Waals surface area contributed by atoms with Gasteiger partial charge in [-0.05, 0) is 39.2 Å². The number of rotatable bonds is 3. The molecule has 1 saturated carbocycles. The zero-order chi connectivity index (χ0) is 16.6. The number of aromatic nitrogens is 2. The van der Waals surface area contributed by atoms with Crippen molar-refractivity contribution in [3.63, 3.8) is 0 Å². The van der Waals surface area contributed by atoms with Crippen molar-refractivity contribution in [2.24, 2.45) is 0 Å². The van der Waals surface area contributed by atoms with E-state index in [1.165, 1.54) is 0 Å². The number of amides is 2. The fourth-order valence-corrected chi connectivity index (χ4v) is 3.18. The summed E-state index contributed by atoms with van der Waals surface area (Å²) in [5.74, 6) is -1.04. The maximum Gasteiger partial charge on any atom is 0.534 e. The molecule has 2 heterocycles. The minimum atomic E-state index is -1.02. The van der Waals surface area contributed by atoms with Crippen molar-refractivity contribution in [1.82, 2.24) is 14.8 Å². The van der Waals surface area contributed by atoms with Crippen LogP contribution in [0.3, 0.4) is 0 Å². The molecule has 3 rings (SSSR count). The molecule has 8 heteroatoms. The van der Waals surface area contributed by atoms with Gasteiger partial charge in [0.2, 0.25) is 0 Å². The van der Waals surface area contributed by atoms with E-state index in [1.54, 1.807) is 0 Å². The van der Waals surface area contributed by atoms with Crippen LogP contribution in [0.5, 0.6) is 0 Å². The lowest BCUT2D eigenvalue weighted by Crippen LogP contribution is -2.34. The summed E-state index contributed by atoms with van der Waals surface area (Å²) in [7, 11) is 0. The Labute approximate surface area is 133 Å². The van der Waals surface area contributed by atoms with Gasteiger partial charge < -0.3 is 4.74 Å². The molecule has 2 aliphatic rings. The van der Waals surface area contributed by atoms with E-state index in [0.717, 1.165) is 24.2 Å². The summed E-state index contributed by atoms with van der Waals surface area (Å²) in [6, 6.07) is 1.91. The third-order valence-electron chi connectivity index (χ3n) is 4.20. The largest absolute Gasteiger partial charge is 0.534 e. The molecule has 1 saturated heterocycles. The van der Waals surface area contributed by atoms with Gasteiger partial charge in [0.05, 0.1) is 11.7 Å². The number of hydrogen-bond donors (Lipinski definition) is 0. The molecule has 8 nitrogen and oxygen atoms in total. The highest BCUT2D eigenvalue weighted by atomic mass is 16.8. The van der Waals surface area contributed by atoms with Gasteiger partial charge in [-0.2, -0.15) is 5.10 Å². The lowest BCUT2D eigenvalue weighted by molar-refractivity contribution is -0.179. The van der Waals surface area contributed by atoms with Crippen LogP contribution in [0, 0.1) is 13.8 Å². The predicted molar refractivity (Wildman–Crippen MR) is 77.0 cm³/mol. The van der Waals surface area contributed by atoms with Crippen LogP contribution in [-0.4, -0.2) is 38.9 Å². The molecule has 23 heavy (non-hydrogen) atoms. The van der Waals surface area contributed by atoms with Gasteiger partial charge in [0.25, 0.3) is 11.8 Å². The Morgan fingerprint density at radius 1 is 1.22 bits per heavy atom. The van der Waals surface area contributed by atoms with Crippen LogP contribution in [0.2, 0.25) is 0 Å². The number of carbonyl (C=O) groups excluding carboxylic acids is 3. The van der Waals surface area contributed by atoms with Crippen LogP contribution >= 0.6 is 0 Å². The van der Waals surface area contributed by atoms with Gasteiger partial charge >= 0.3 is 6.16 Å². The molecule has 1 aliphatic heterocycles. The van der Waals surface area contributed by atoms with Crippen LogP contribution in [0.25, 0.3) is 0 Å². The highest BCUT2D eigenvalue weighted by Gasteiger charge is 2.37. The maximum absolute atomic E-state index is 11.9. The molecular formula is C15H19N3O5. The molecule has 124 valence electrons. The lowest BCUT2D eigenvalue weighted by atomic mass is 10.2. The zero-order valence-corrected chi connectivity index (χ0v) is 13.2. The summed E-state index contributed by atoms with van der Waals surface area (Å²) < 4.78 is 7.20. The Morgan fingerprint density at radius 2 is 1.91 bits per heavy atom. The second kappa shape index (κ2) is 6.02. The number of hydrogen-bond acceptors (Lipinski definition) is 6. The standard InChI is InChI=1S/C15H19N3O5/c1-9-8-10(2)17(16-9)11-4-3-5-12(11)22-15(21)23-18-13(19)6-7-14(18)20/h8,11-12H,3-7H2,1-2H3/t11-,12-/m1/s1. The summed E-state index contributed by atoms with van der Waals surface area (Å²) in [6.45, 7) is 3.86. The zero-order valence-electron chi connectivity index (χ0n) is 13.2. The molecule has 0 radical (unpaired) electrons. The molecule has 2 amide bonds. The number of hydroxylamine groups is 2. The fraction of sp³-hybridized carbons (Fsp3) is 0.600. The van der Waals surface area contributed by atoms with Crippen molar-refractivity contribution in [2.45, 2.75) is 58.1 Å². The Hall–Kier alpha value is -2.38. The third kappa shape index (κ3) is 3.06. The monoisotopic (exact) mass is 321 g/mol. The molecule has 1 aliphatic carbocycles. The van der Waals surface area contributed by atoms with Gasteiger partial charge in [-0.25, -0.2) is 4.79 Å². The van der Waals surface area contributed by atoms with E-state index in [0.29, 0.717) is 11.5 Å². The fourth-order valence-electron chi connectivity index (χ4n) is 3.18. The van der Waals surface area contributed by atoms with E-state index < -0.39 is 18.0 Å². The Balaban J connectivity index is 1.64. The summed E-state index contributed by atoms with van der Waals surface area (Å²) in [6.07, 6.45) is 1.16. The number of carbonyl (C=O) groups is 3. The Morgan fingerprint density at radius 3 is 2.52 bits per heavy atom. The molecule has 1 aromatic heterocycles. The summed E-state index contributed by atoms with van der Waals surface area (Å²) in [4.78, 5) is 39.6. The van der Waals surface area contributed by atoms with Crippen LogP contribution < -0.4 is 0 Å². The average Bonchev–Trinajstić information content (AvgIpc) is 3.15. The van der Waals surface area contributed by atoms with Crippen LogP contribution in [-0.2, 0) is 19.2 Å². The Kier molecular flexibility index (Phi) is 4.06. The first kappa shape index (κ1) is 15.5. The number of imide groups is 1. The van der Waals surface area contributed by atoms with E-state index in [1.807, 2.05) is 24.6 Å². The highest BCUT2D eigenvalue weighted by Crippen LogP contribution is 2.33. The van der Waals surface area contributed by atoms with Gasteiger partial charge in [0, 0.05) is 18.5 Å². The maximum atomic E-state index is 11.9. The first-order valence-corrected chi connectivity index (χ1v) is 7.73. The molecule has 0 bridgehead atoms. The highest BCUT2D eigenvalue weighted by molar-refractivity contribution is 6.01. The molecule has 0 unspecified atom stereocenters. The average molecular weight is 321 g/mol. The van der Waals surface area contributed by atoms with Gasteiger partial charge in [0.1, 0.15) is 6.10 Å². The van der Waals surface area contributed by atoms with Crippen LogP contribution in [0.1, 0.15) is 49.5 Å². The van der Waals surface area contributed by atoms with Crippen LogP contribution in [0.4, 0.5) is 4.79 Å². The minimum absolute atomic E-state index is 0.0544. The molecule has 0 N–H and O–H groups in total. The van der Waals surface area contributed by atoms with Gasteiger partial charge in [-0.15, -0.1) is 0 Å². The molecular weight excluding hydrogens is 302 g/mol. The number of aryl methyl sites for hydroxylation is 2. The van der Waals surface area contributed by atoms with Crippen LogP contribution in [0.15, 0.2) is 6.07 Å². The predicted octanol–water partition coefficient (Wildman–Crippen LogP) is 1.81. The second-order valence-corrected chi connectivity index (χ2v) is 5.95.